The van der Waals surface area contributed by atoms with Gasteiger partial charge < -0.3 is 10.0 Å². The van der Waals surface area contributed by atoms with Crippen LogP contribution in [0.25, 0.3) is 0 Å². The van der Waals surface area contributed by atoms with Crippen LogP contribution < -0.4 is 0 Å². The van der Waals surface area contributed by atoms with E-state index >= 15 is 0 Å². The van der Waals surface area contributed by atoms with E-state index in [0.717, 1.165) is 31.2 Å². The van der Waals surface area contributed by atoms with Gasteiger partial charge in [-0.2, -0.15) is 0 Å². The Morgan fingerprint density at radius 1 is 1.29 bits per heavy atom. The van der Waals surface area contributed by atoms with Gasteiger partial charge in [0.2, 0.25) is 5.91 Å². The highest BCUT2D eigenvalue weighted by atomic mass is 32.2. The van der Waals surface area contributed by atoms with Crippen molar-refractivity contribution in [3.8, 4) is 0 Å². The third-order valence-corrected chi connectivity index (χ3v) is 6.99. The Kier molecular flexibility index (Phi) is 4.47. The van der Waals surface area contributed by atoms with Gasteiger partial charge >= 0.3 is 0 Å². The molecule has 24 heavy (non-hydrogen) atoms. The van der Waals surface area contributed by atoms with Crippen molar-refractivity contribution in [1.82, 2.24) is 4.90 Å². The second-order valence-corrected chi connectivity index (χ2v) is 9.23. The van der Waals surface area contributed by atoms with Gasteiger partial charge in [0.05, 0.1) is 17.9 Å². The monoisotopic (exact) mass is 351 g/mol. The zero-order valence-corrected chi connectivity index (χ0v) is 15.1. The second kappa shape index (κ2) is 6.15. The smallest absolute Gasteiger partial charge is 0.227 e. The lowest BCUT2D eigenvalue weighted by atomic mass is 9.72. The summed E-state index contributed by atoms with van der Waals surface area (Å²) in [5.74, 6) is 0.0818. The van der Waals surface area contributed by atoms with Crippen molar-refractivity contribution >= 4 is 15.7 Å². The first-order valence-corrected chi connectivity index (χ1v) is 10.4. The molecule has 2 fully saturated rings. The fourth-order valence-corrected chi connectivity index (χ4v) is 5.08. The molecule has 0 unspecified atom stereocenters. The molecule has 3 atom stereocenters. The van der Waals surface area contributed by atoms with Crippen LogP contribution >= 0.6 is 0 Å². The third-order valence-electron chi connectivity index (χ3n) is 5.87. The Morgan fingerprint density at radius 2 is 1.96 bits per heavy atom. The number of carbonyl (C=O) groups excluding carboxylic acids is 1. The fourth-order valence-electron chi connectivity index (χ4n) is 4.45. The summed E-state index contributed by atoms with van der Waals surface area (Å²) >= 11 is 0. The first-order chi connectivity index (χ1) is 11.3. The summed E-state index contributed by atoms with van der Waals surface area (Å²) in [5.41, 5.74) is 0.684. The van der Waals surface area contributed by atoms with Gasteiger partial charge in [-0.15, -0.1) is 0 Å². The topological polar surface area (TPSA) is 74.7 Å². The number of nitrogens with zero attached hydrogens (tertiary/aromatic N) is 1. The van der Waals surface area contributed by atoms with Crippen molar-refractivity contribution in [2.75, 3.05) is 12.9 Å². The van der Waals surface area contributed by atoms with Gasteiger partial charge in [-0.05, 0) is 43.4 Å². The van der Waals surface area contributed by atoms with E-state index in [4.69, 9.17) is 0 Å². The zero-order valence-electron chi connectivity index (χ0n) is 14.2. The molecule has 0 radical (unpaired) electrons. The minimum absolute atomic E-state index is 0.0818. The average Bonchev–Trinajstić information content (AvgIpc) is 3.10. The lowest BCUT2D eigenvalue weighted by molar-refractivity contribution is -0.132. The van der Waals surface area contributed by atoms with Crippen molar-refractivity contribution in [2.24, 2.45) is 5.41 Å². The Labute approximate surface area is 143 Å². The summed E-state index contributed by atoms with van der Waals surface area (Å²) in [6.07, 6.45) is 5.22. The number of hydrogen-bond donors (Lipinski definition) is 1. The number of aliphatic hydroxyl groups is 1. The zero-order chi connectivity index (χ0) is 17.5. The van der Waals surface area contributed by atoms with Gasteiger partial charge in [0.25, 0.3) is 0 Å². The molecule has 1 aromatic rings. The highest BCUT2D eigenvalue weighted by Gasteiger charge is 2.55. The Hall–Kier alpha value is -1.40. The van der Waals surface area contributed by atoms with E-state index < -0.39 is 9.84 Å². The minimum atomic E-state index is -3.22. The van der Waals surface area contributed by atoms with Crippen LogP contribution in [0.15, 0.2) is 29.2 Å². The molecule has 2 aliphatic heterocycles. The van der Waals surface area contributed by atoms with Gasteiger partial charge in [-0.1, -0.05) is 19.1 Å². The number of amides is 1. The van der Waals surface area contributed by atoms with Crippen molar-refractivity contribution in [1.29, 1.82) is 0 Å². The molecule has 5 nitrogen and oxygen atoms in total. The van der Waals surface area contributed by atoms with Crippen molar-refractivity contribution in [3.05, 3.63) is 29.8 Å². The molecule has 0 aromatic heterocycles. The molecular formula is C18H25NO4S. The van der Waals surface area contributed by atoms with Gasteiger partial charge in [0.1, 0.15) is 0 Å². The van der Waals surface area contributed by atoms with E-state index in [0.29, 0.717) is 0 Å². The molecule has 3 rings (SSSR count). The lowest BCUT2D eigenvalue weighted by Gasteiger charge is -2.34. The summed E-state index contributed by atoms with van der Waals surface area (Å²) in [6.45, 7) is 2.22. The summed E-state index contributed by atoms with van der Waals surface area (Å²) in [6, 6.07) is 6.92. The van der Waals surface area contributed by atoms with Crippen LogP contribution in [0.4, 0.5) is 0 Å². The third kappa shape index (κ3) is 2.86. The first kappa shape index (κ1) is 17.4. The maximum absolute atomic E-state index is 12.8. The molecule has 1 aromatic carbocycles. The molecule has 1 amide bonds. The molecule has 132 valence electrons. The minimum Gasteiger partial charge on any atom is -0.396 e. The van der Waals surface area contributed by atoms with Crippen molar-refractivity contribution < 1.29 is 18.3 Å². The molecule has 2 aliphatic rings. The molecule has 2 heterocycles. The fraction of sp³-hybridized carbons (Fsp3) is 0.611. The van der Waals surface area contributed by atoms with Crippen LogP contribution in [0, 0.1) is 5.41 Å². The van der Waals surface area contributed by atoms with E-state index in [1.165, 1.54) is 6.26 Å². The van der Waals surface area contributed by atoms with E-state index in [9.17, 15) is 18.3 Å². The summed E-state index contributed by atoms with van der Waals surface area (Å²) in [4.78, 5) is 15.1. The van der Waals surface area contributed by atoms with Crippen LogP contribution in [-0.2, 0) is 21.1 Å². The quantitative estimate of drug-likeness (QED) is 0.877. The largest absolute Gasteiger partial charge is 0.396 e. The summed E-state index contributed by atoms with van der Waals surface area (Å²) < 4.78 is 23.0. The average molecular weight is 351 g/mol. The highest BCUT2D eigenvalue weighted by Crippen LogP contribution is 2.51. The van der Waals surface area contributed by atoms with Gasteiger partial charge in [0.15, 0.2) is 9.84 Å². The lowest BCUT2D eigenvalue weighted by Crippen LogP contribution is -2.42. The molecule has 0 saturated carbocycles. The number of aliphatic hydroxyl groups excluding tert-OH is 1. The van der Waals surface area contributed by atoms with Gasteiger partial charge in [-0.25, -0.2) is 8.42 Å². The molecule has 0 spiro atoms. The maximum atomic E-state index is 12.8. The predicted molar refractivity (Wildman–Crippen MR) is 91.3 cm³/mol. The van der Waals surface area contributed by atoms with E-state index in [1.54, 1.807) is 24.3 Å². The van der Waals surface area contributed by atoms with Gasteiger partial charge in [-0.3, -0.25) is 4.79 Å². The standard InChI is InChI=1S/C18H25NO4S/c1-3-18(12-20)11-14-6-9-16(18)19(14)17(21)10-13-4-7-15(8-5-13)24(2,22)23/h4-5,7-8,14,16,20H,3,6,9-12H2,1-2H3/t14-,16+,18-/m1/s1. The number of fused-ring (bicyclic) bond motifs is 2. The van der Waals surface area contributed by atoms with E-state index in [-0.39, 0.29) is 41.3 Å². The Morgan fingerprint density at radius 3 is 2.46 bits per heavy atom. The van der Waals surface area contributed by atoms with Crippen LogP contribution in [0.3, 0.4) is 0 Å². The number of benzene rings is 1. The molecule has 6 heteroatoms. The van der Waals surface area contributed by atoms with Crippen molar-refractivity contribution in [2.45, 2.75) is 56.0 Å². The number of sulfone groups is 1. The molecule has 2 bridgehead atoms. The Bertz CT molecular complexity index is 722. The number of carbonyl (C=O) groups is 1. The summed E-state index contributed by atoms with van der Waals surface area (Å²) in [7, 11) is -3.22. The Balaban J connectivity index is 1.74. The normalized spacial score (nSPS) is 29.2. The van der Waals surface area contributed by atoms with Crippen molar-refractivity contribution in [3.63, 3.8) is 0 Å². The van der Waals surface area contributed by atoms with E-state index in [2.05, 4.69) is 6.92 Å². The van der Waals surface area contributed by atoms with Crippen LogP contribution in [0.2, 0.25) is 0 Å². The predicted octanol–water partition coefficient (Wildman–Crippen LogP) is 1.78. The van der Waals surface area contributed by atoms with Crippen LogP contribution in [-0.4, -0.2) is 49.3 Å². The number of hydrogen-bond acceptors (Lipinski definition) is 4. The van der Waals surface area contributed by atoms with Gasteiger partial charge in [0, 0.05) is 23.8 Å². The highest BCUT2D eigenvalue weighted by molar-refractivity contribution is 7.90. The van der Waals surface area contributed by atoms with Crippen LogP contribution in [0.1, 0.15) is 38.2 Å². The molecular weight excluding hydrogens is 326 g/mol. The van der Waals surface area contributed by atoms with Crippen LogP contribution in [0.5, 0.6) is 0 Å². The first-order valence-electron chi connectivity index (χ1n) is 8.52. The maximum Gasteiger partial charge on any atom is 0.227 e. The summed E-state index contributed by atoms with van der Waals surface area (Å²) in [5, 5.41) is 9.84. The second-order valence-electron chi connectivity index (χ2n) is 7.22. The van der Waals surface area contributed by atoms with E-state index in [1.807, 2.05) is 4.90 Å². The molecule has 1 N–H and O–H groups in total. The molecule has 2 saturated heterocycles. The molecule has 0 aliphatic carbocycles. The number of rotatable bonds is 5. The SMILES string of the molecule is CC[C@]1(CO)C[C@H]2CC[C@@H]1N2C(=O)Cc1ccc(S(C)(=O)=O)cc1.